The minimum absolute atomic E-state index is 0.0813. The van der Waals surface area contributed by atoms with Crippen LogP contribution >= 0.6 is 11.3 Å². The van der Waals surface area contributed by atoms with Gasteiger partial charge in [0.05, 0.1) is 23.5 Å². The number of aliphatic carboxylic acids is 1. The Hall–Kier alpha value is -2.21. The molecule has 22 heavy (non-hydrogen) atoms. The van der Waals surface area contributed by atoms with Crippen molar-refractivity contribution >= 4 is 23.2 Å². The average Bonchev–Trinajstić information content (AvgIpc) is 2.85. The average molecular weight is 318 g/mol. The van der Waals surface area contributed by atoms with Crippen molar-refractivity contribution in [2.24, 2.45) is 0 Å². The number of carbonyl (C=O) groups is 2. The lowest BCUT2D eigenvalue weighted by Gasteiger charge is -2.10. The summed E-state index contributed by atoms with van der Waals surface area (Å²) < 4.78 is 0. The fourth-order valence-electron chi connectivity index (χ4n) is 2.09. The van der Waals surface area contributed by atoms with Gasteiger partial charge in [0.25, 0.3) is 0 Å². The predicted molar refractivity (Wildman–Crippen MR) is 84.9 cm³/mol. The third-order valence-corrected chi connectivity index (χ3v) is 3.92. The molecule has 2 N–H and O–H groups in total. The van der Waals surface area contributed by atoms with Crippen LogP contribution in [0.2, 0.25) is 0 Å². The van der Waals surface area contributed by atoms with E-state index in [0.717, 1.165) is 17.1 Å². The van der Waals surface area contributed by atoms with Crippen LogP contribution in [0, 0.1) is 0 Å². The van der Waals surface area contributed by atoms with E-state index in [1.807, 2.05) is 35.7 Å². The van der Waals surface area contributed by atoms with Gasteiger partial charge in [0.15, 0.2) is 0 Å². The van der Waals surface area contributed by atoms with Gasteiger partial charge in [-0.15, -0.1) is 11.3 Å². The van der Waals surface area contributed by atoms with E-state index in [1.54, 1.807) is 6.92 Å². The second kappa shape index (κ2) is 7.70. The molecule has 0 fully saturated rings. The first-order chi connectivity index (χ1) is 10.5. The zero-order chi connectivity index (χ0) is 15.9. The number of hydrogen-bond donors (Lipinski definition) is 2. The number of carboxylic acids is 1. The lowest BCUT2D eigenvalue weighted by molar-refractivity contribution is -0.137. The summed E-state index contributed by atoms with van der Waals surface area (Å²) in [6, 6.07) is 9.65. The number of aromatic nitrogens is 1. The Bertz CT molecular complexity index is 640. The summed E-state index contributed by atoms with van der Waals surface area (Å²) in [7, 11) is 0. The molecule has 0 radical (unpaired) electrons. The fourth-order valence-corrected chi connectivity index (χ4v) is 2.91. The lowest BCUT2D eigenvalue weighted by atomic mass is 10.2. The fraction of sp³-hybridized carbons (Fsp3) is 0.312. The van der Waals surface area contributed by atoms with Gasteiger partial charge >= 0.3 is 5.97 Å². The molecule has 5 nitrogen and oxygen atoms in total. The highest BCUT2D eigenvalue weighted by Gasteiger charge is 2.13. The first kappa shape index (κ1) is 16.2. The van der Waals surface area contributed by atoms with Crippen LogP contribution in [0.4, 0.5) is 0 Å². The molecule has 116 valence electrons. The van der Waals surface area contributed by atoms with Crippen LogP contribution in [0.3, 0.4) is 0 Å². The second-order valence-electron chi connectivity index (χ2n) is 5.14. The third-order valence-electron chi connectivity index (χ3n) is 3.03. The maximum Gasteiger partial charge on any atom is 0.305 e. The zero-order valence-corrected chi connectivity index (χ0v) is 13.1. The smallest absolute Gasteiger partial charge is 0.305 e. The summed E-state index contributed by atoms with van der Waals surface area (Å²) in [6.45, 7) is 1.67. The van der Waals surface area contributed by atoms with Crippen LogP contribution in [0.15, 0.2) is 35.7 Å². The molecule has 0 spiro atoms. The molecule has 0 saturated carbocycles. The molecule has 2 aromatic rings. The van der Waals surface area contributed by atoms with E-state index in [9.17, 15) is 9.59 Å². The minimum Gasteiger partial charge on any atom is -0.481 e. The molecule has 0 aliphatic carbocycles. The molecule has 0 aliphatic rings. The van der Waals surface area contributed by atoms with Crippen molar-refractivity contribution in [1.29, 1.82) is 0 Å². The Morgan fingerprint density at radius 1 is 1.32 bits per heavy atom. The topological polar surface area (TPSA) is 79.3 Å². The van der Waals surface area contributed by atoms with E-state index in [1.165, 1.54) is 16.9 Å². The molecule has 6 heteroatoms. The molecule has 0 saturated heterocycles. The highest BCUT2D eigenvalue weighted by molar-refractivity contribution is 7.09. The van der Waals surface area contributed by atoms with E-state index >= 15 is 0 Å². The van der Waals surface area contributed by atoms with Crippen molar-refractivity contribution in [3.05, 3.63) is 52.0 Å². The second-order valence-corrected chi connectivity index (χ2v) is 6.08. The van der Waals surface area contributed by atoms with Crippen LogP contribution in [-0.4, -0.2) is 28.0 Å². The van der Waals surface area contributed by atoms with E-state index < -0.39 is 5.97 Å². The Morgan fingerprint density at radius 3 is 2.73 bits per heavy atom. The largest absolute Gasteiger partial charge is 0.481 e. The molecule has 1 aromatic heterocycles. The Labute approximate surface area is 133 Å². The van der Waals surface area contributed by atoms with Gasteiger partial charge in [0, 0.05) is 17.8 Å². The first-order valence-electron chi connectivity index (χ1n) is 7.01. The van der Waals surface area contributed by atoms with Gasteiger partial charge in [-0.1, -0.05) is 30.3 Å². The summed E-state index contributed by atoms with van der Waals surface area (Å²) >= 11 is 1.53. The number of nitrogens with zero attached hydrogens (tertiary/aromatic N) is 1. The molecule has 1 heterocycles. The van der Waals surface area contributed by atoms with Crippen molar-refractivity contribution in [2.45, 2.75) is 32.2 Å². The summed E-state index contributed by atoms with van der Waals surface area (Å²) in [4.78, 5) is 26.9. The number of thiazole rings is 1. The van der Waals surface area contributed by atoms with Crippen LogP contribution in [0.5, 0.6) is 0 Å². The SMILES string of the molecule is CC(CC(=O)O)NC(=O)Cc1csc(Cc2ccccc2)n1. The highest BCUT2D eigenvalue weighted by atomic mass is 32.1. The van der Waals surface area contributed by atoms with E-state index in [2.05, 4.69) is 10.3 Å². The third kappa shape index (κ3) is 5.29. The standard InChI is InChI=1S/C16H18N2O3S/c1-11(7-16(20)21)17-14(19)9-13-10-22-15(18-13)8-12-5-3-2-4-6-12/h2-6,10-11H,7-9H2,1H3,(H,17,19)(H,20,21). The highest BCUT2D eigenvalue weighted by Crippen LogP contribution is 2.15. The molecule has 1 atom stereocenters. The number of rotatable bonds is 7. The maximum absolute atomic E-state index is 11.8. The minimum atomic E-state index is -0.924. The summed E-state index contributed by atoms with van der Waals surface area (Å²) in [5.74, 6) is -1.13. The Morgan fingerprint density at radius 2 is 2.05 bits per heavy atom. The van der Waals surface area contributed by atoms with E-state index in [-0.39, 0.29) is 24.8 Å². The van der Waals surface area contributed by atoms with Crippen LogP contribution in [0.1, 0.15) is 29.6 Å². The molecule has 0 aliphatic heterocycles. The summed E-state index contributed by atoms with van der Waals surface area (Å²) in [5, 5.41) is 14.2. The van der Waals surface area contributed by atoms with Gasteiger partial charge in [0.1, 0.15) is 0 Å². The van der Waals surface area contributed by atoms with Crippen molar-refractivity contribution in [3.8, 4) is 0 Å². The zero-order valence-electron chi connectivity index (χ0n) is 12.3. The Kier molecular flexibility index (Phi) is 5.66. The van der Waals surface area contributed by atoms with Gasteiger partial charge in [-0.05, 0) is 12.5 Å². The van der Waals surface area contributed by atoms with Gasteiger partial charge in [-0.2, -0.15) is 0 Å². The first-order valence-corrected chi connectivity index (χ1v) is 7.89. The molecular weight excluding hydrogens is 300 g/mol. The quantitative estimate of drug-likeness (QED) is 0.820. The maximum atomic E-state index is 11.8. The van der Waals surface area contributed by atoms with Gasteiger partial charge in [-0.3, -0.25) is 9.59 Å². The van der Waals surface area contributed by atoms with Gasteiger partial charge < -0.3 is 10.4 Å². The number of carbonyl (C=O) groups excluding carboxylic acids is 1. The Balaban J connectivity index is 1.86. The summed E-state index contributed by atoms with van der Waals surface area (Å²) in [5.41, 5.74) is 1.90. The molecule has 1 unspecified atom stereocenters. The molecule has 1 aromatic carbocycles. The van der Waals surface area contributed by atoms with Gasteiger partial charge in [0.2, 0.25) is 5.91 Å². The van der Waals surface area contributed by atoms with Gasteiger partial charge in [-0.25, -0.2) is 4.98 Å². The van der Waals surface area contributed by atoms with Crippen molar-refractivity contribution in [1.82, 2.24) is 10.3 Å². The lowest BCUT2D eigenvalue weighted by Crippen LogP contribution is -2.35. The molecular formula is C16H18N2O3S. The number of benzene rings is 1. The molecule has 0 bridgehead atoms. The van der Waals surface area contributed by atoms with Crippen LogP contribution in [-0.2, 0) is 22.4 Å². The number of amides is 1. The number of carboxylic acid groups (broad SMARTS) is 1. The number of hydrogen-bond acceptors (Lipinski definition) is 4. The van der Waals surface area contributed by atoms with E-state index in [0.29, 0.717) is 0 Å². The molecule has 1 amide bonds. The van der Waals surface area contributed by atoms with Crippen molar-refractivity contribution in [2.75, 3.05) is 0 Å². The number of nitrogens with one attached hydrogen (secondary N) is 1. The summed E-state index contributed by atoms with van der Waals surface area (Å²) in [6.07, 6.45) is 0.847. The normalized spacial score (nSPS) is 11.9. The molecule has 2 rings (SSSR count). The van der Waals surface area contributed by atoms with Crippen molar-refractivity contribution in [3.63, 3.8) is 0 Å². The van der Waals surface area contributed by atoms with Crippen LogP contribution < -0.4 is 5.32 Å². The predicted octanol–water partition coefficient (Wildman–Crippen LogP) is 2.26. The monoisotopic (exact) mass is 318 g/mol. The van der Waals surface area contributed by atoms with E-state index in [4.69, 9.17) is 5.11 Å². The van der Waals surface area contributed by atoms with Crippen LogP contribution in [0.25, 0.3) is 0 Å². The van der Waals surface area contributed by atoms with Crippen molar-refractivity contribution < 1.29 is 14.7 Å².